The molecule has 1 aromatic rings. The van der Waals surface area contributed by atoms with Crippen molar-refractivity contribution in [2.24, 2.45) is 0 Å². The summed E-state index contributed by atoms with van der Waals surface area (Å²) in [7, 11) is 0. The second-order valence-electron chi connectivity index (χ2n) is 5.77. The van der Waals surface area contributed by atoms with Gasteiger partial charge in [-0.1, -0.05) is 39.8 Å². The van der Waals surface area contributed by atoms with E-state index in [1.807, 2.05) is 31.2 Å². The lowest BCUT2D eigenvalue weighted by Crippen LogP contribution is -2.34. The Bertz CT molecular complexity index is 463. The van der Waals surface area contributed by atoms with E-state index in [4.69, 9.17) is 5.26 Å². The van der Waals surface area contributed by atoms with Gasteiger partial charge in [0.2, 0.25) is 0 Å². The summed E-state index contributed by atoms with van der Waals surface area (Å²) in [5.74, 6) is -0.109. The summed E-state index contributed by atoms with van der Waals surface area (Å²) in [5, 5.41) is 11.6. The molecular weight excluding hydrogens is 236 g/mol. The molecule has 3 nitrogen and oxygen atoms in total. The third kappa shape index (κ3) is 4.40. The number of amides is 1. The molecule has 1 amide bonds. The van der Waals surface area contributed by atoms with Gasteiger partial charge in [-0.25, -0.2) is 0 Å². The van der Waals surface area contributed by atoms with Gasteiger partial charge >= 0.3 is 0 Å². The Kier molecular flexibility index (Phi) is 5.11. The van der Waals surface area contributed by atoms with E-state index in [1.165, 1.54) is 5.56 Å². The molecule has 0 heterocycles. The number of benzene rings is 1. The quantitative estimate of drug-likeness (QED) is 0.899. The third-order valence-electron chi connectivity index (χ3n) is 3.18. The standard InChI is InChI=1S/C16H22N2O/c1-5-14(10-11-17)18-15(19)12-6-8-13(9-7-12)16(2,3)4/h6-9,14H,5,10H2,1-4H3,(H,18,19). The van der Waals surface area contributed by atoms with Crippen LogP contribution < -0.4 is 5.32 Å². The van der Waals surface area contributed by atoms with Gasteiger partial charge in [0.05, 0.1) is 12.5 Å². The van der Waals surface area contributed by atoms with E-state index in [1.54, 1.807) is 0 Å². The van der Waals surface area contributed by atoms with E-state index in [2.05, 4.69) is 32.2 Å². The largest absolute Gasteiger partial charge is 0.348 e. The Morgan fingerprint density at radius 2 is 1.89 bits per heavy atom. The topological polar surface area (TPSA) is 52.9 Å². The number of carbonyl (C=O) groups is 1. The zero-order valence-electron chi connectivity index (χ0n) is 12.2. The molecule has 0 radical (unpaired) electrons. The third-order valence-corrected chi connectivity index (χ3v) is 3.18. The molecule has 1 rings (SSSR count). The molecular formula is C16H22N2O. The molecule has 1 unspecified atom stereocenters. The first-order valence-electron chi connectivity index (χ1n) is 6.66. The summed E-state index contributed by atoms with van der Waals surface area (Å²) in [6.45, 7) is 8.39. The van der Waals surface area contributed by atoms with E-state index in [-0.39, 0.29) is 17.4 Å². The van der Waals surface area contributed by atoms with Crippen LogP contribution in [0.5, 0.6) is 0 Å². The van der Waals surface area contributed by atoms with Gasteiger partial charge in [-0.15, -0.1) is 0 Å². The van der Waals surface area contributed by atoms with Crippen LogP contribution in [0.2, 0.25) is 0 Å². The molecule has 0 bridgehead atoms. The summed E-state index contributed by atoms with van der Waals surface area (Å²) >= 11 is 0. The lowest BCUT2D eigenvalue weighted by Gasteiger charge is -2.19. The predicted octanol–water partition coefficient (Wildman–Crippen LogP) is 3.41. The molecule has 0 saturated heterocycles. The molecule has 0 aliphatic carbocycles. The zero-order chi connectivity index (χ0) is 14.5. The van der Waals surface area contributed by atoms with Crippen molar-refractivity contribution < 1.29 is 4.79 Å². The number of nitrogens with one attached hydrogen (secondary N) is 1. The van der Waals surface area contributed by atoms with Gasteiger partial charge in [-0.2, -0.15) is 5.26 Å². The maximum Gasteiger partial charge on any atom is 0.251 e. The van der Waals surface area contributed by atoms with Gasteiger partial charge in [0.15, 0.2) is 0 Å². The Hall–Kier alpha value is -1.82. The highest BCUT2D eigenvalue weighted by Crippen LogP contribution is 2.22. The summed E-state index contributed by atoms with van der Waals surface area (Å²) in [6, 6.07) is 9.68. The molecule has 1 atom stereocenters. The van der Waals surface area contributed by atoms with Crippen LogP contribution in [0.15, 0.2) is 24.3 Å². The van der Waals surface area contributed by atoms with Crippen LogP contribution in [0.3, 0.4) is 0 Å². The predicted molar refractivity (Wildman–Crippen MR) is 76.9 cm³/mol. The van der Waals surface area contributed by atoms with Gasteiger partial charge in [0, 0.05) is 11.6 Å². The minimum atomic E-state index is -0.109. The average Bonchev–Trinajstić information content (AvgIpc) is 2.37. The zero-order valence-corrected chi connectivity index (χ0v) is 12.2. The first-order valence-corrected chi connectivity index (χ1v) is 6.66. The molecule has 0 aliphatic rings. The van der Waals surface area contributed by atoms with Crippen molar-refractivity contribution in [3.05, 3.63) is 35.4 Å². The molecule has 1 aromatic carbocycles. The fourth-order valence-electron chi connectivity index (χ4n) is 1.80. The van der Waals surface area contributed by atoms with Crippen LogP contribution in [-0.2, 0) is 5.41 Å². The van der Waals surface area contributed by atoms with Gasteiger partial charge < -0.3 is 5.32 Å². The fourth-order valence-corrected chi connectivity index (χ4v) is 1.80. The fraction of sp³-hybridized carbons (Fsp3) is 0.500. The van der Waals surface area contributed by atoms with E-state index in [9.17, 15) is 4.79 Å². The van der Waals surface area contributed by atoms with Crippen LogP contribution in [0.1, 0.15) is 56.5 Å². The molecule has 0 fully saturated rings. The molecule has 19 heavy (non-hydrogen) atoms. The normalized spacial score (nSPS) is 12.6. The number of hydrogen-bond donors (Lipinski definition) is 1. The minimum Gasteiger partial charge on any atom is -0.348 e. The molecule has 0 saturated carbocycles. The first kappa shape index (κ1) is 15.2. The van der Waals surface area contributed by atoms with Crippen LogP contribution in [0.25, 0.3) is 0 Å². The number of nitrogens with zero attached hydrogens (tertiary/aromatic N) is 1. The van der Waals surface area contributed by atoms with E-state index in [0.717, 1.165) is 6.42 Å². The second-order valence-corrected chi connectivity index (χ2v) is 5.77. The van der Waals surface area contributed by atoms with Crippen molar-refractivity contribution in [2.75, 3.05) is 0 Å². The maximum absolute atomic E-state index is 12.0. The first-order chi connectivity index (χ1) is 8.88. The summed E-state index contributed by atoms with van der Waals surface area (Å²) in [6.07, 6.45) is 1.11. The highest BCUT2D eigenvalue weighted by atomic mass is 16.1. The molecule has 0 aliphatic heterocycles. The highest BCUT2D eigenvalue weighted by Gasteiger charge is 2.15. The van der Waals surface area contributed by atoms with Crippen molar-refractivity contribution in [3.8, 4) is 6.07 Å². The molecule has 0 spiro atoms. The van der Waals surface area contributed by atoms with Crippen molar-refractivity contribution in [1.82, 2.24) is 5.32 Å². The highest BCUT2D eigenvalue weighted by molar-refractivity contribution is 5.94. The second kappa shape index (κ2) is 6.38. The Morgan fingerprint density at radius 3 is 2.32 bits per heavy atom. The van der Waals surface area contributed by atoms with Crippen molar-refractivity contribution in [3.63, 3.8) is 0 Å². The van der Waals surface area contributed by atoms with Crippen LogP contribution >= 0.6 is 0 Å². The molecule has 102 valence electrons. The number of carbonyl (C=O) groups excluding carboxylic acids is 1. The lowest BCUT2D eigenvalue weighted by atomic mass is 9.86. The van der Waals surface area contributed by atoms with Crippen molar-refractivity contribution in [2.45, 2.75) is 52.0 Å². The average molecular weight is 258 g/mol. The molecule has 1 N–H and O–H groups in total. The lowest BCUT2D eigenvalue weighted by molar-refractivity contribution is 0.0936. The van der Waals surface area contributed by atoms with Crippen molar-refractivity contribution >= 4 is 5.91 Å². The summed E-state index contributed by atoms with van der Waals surface area (Å²) in [5.41, 5.74) is 1.93. The molecule has 0 aromatic heterocycles. The van der Waals surface area contributed by atoms with Gasteiger partial charge in [0.1, 0.15) is 0 Å². The maximum atomic E-state index is 12.0. The van der Waals surface area contributed by atoms with Crippen LogP contribution in [0, 0.1) is 11.3 Å². The van der Waals surface area contributed by atoms with E-state index < -0.39 is 0 Å². The van der Waals surface area contributed by atoms with Gasteiger partial charge in [-0.3, -0.25) is 4.79 Å². The van der Waals surface area contributed by atoms with Gasteiger partial charge in [0.25, 0.3) is 5.91 Å². The number of hydrogen-bond acceptors (Lipinski definition) is 2. The van der Waals surface area contributed by atoms with Gasteiger partial charge in [-0.05, 0) is 29.5 Å². The molecule has 3 heteroatoms. The van der Waals surface area contributed by atoms with Crippen LogP contribution in [-0.4, -0.2) is 11.9 Å². The minimum absolute atomic E-state index is 0.0696. The number of nitriles is 1. The summed E-state index contributed by atoms with van der Waals surface area (Å²) in [4.78, 5) is 12.0. The SMILES string of the molecule is CCC(CC#N)NC(=O)c1ccc(C(C)(C)C)cc1. The summed E-state index contributed by atoms with van der Waals surface area (Å²) < 4.78 is 0. The Morgan fingerprint density at radius 1 is 1.32 bits per heavy atom. The van der Waals surface area contributed by atoms with Crippen molar-refractivity contribution in [1.29, 1.82) is 5.26 Å². The van der Waals surface area contributed by atoms with Crippen LogP contribution in [0.4, 0.5) is 0 Å². The Balaban J connectivity index is 2.76. The van der Waals surface area contributed by atoms with E-state index in [0.29, 0.717) is 12.0 Å². The number of rotatable bonds is 4. The van der Waals surface area contributed by atoms with E-state index >= 15 is 0 Å². The Labute approximate surface area is 115 Å². The smallest absolute Gasteiger partial charge is 0.251 e. The monoisotopic (exact) mass is 258 g/mol.